The Labute approximate surface area is 342 Å². The highest BCUT2D eigenvalue weighted by Crippen LogP contribution is 2.52. The van der Waals surface area contributed by atoms with E-state index in [0.29, 0.717) is 28.2 Å². The fourth-order valence-electron chi connectivity index (χ4n) is 8.42. The van der Waals surface area contributed by atoms with Gasteiger partial charge in [0.2, 0.25) is 0 Å². The van der Waals surface area contributed by atoms with Crippen molar-refractivity contribution in [3.63, 3.8) is 0 Å². The Morgan fingerprint density at radius 2 is 1.02 bits per heavy atom. The second-order valence-corrected chi connectivity index (χ2v) is 14.6. The molecule has 2 unspecified atom stereocenters. The fraction of sp³-hybridized carbons (Fsp3) is 0.0370. The summed E-state index contributed by atoms with van der Waals surface area (Å²) in [5.41, 5.74) is 11.4. The summed E-state index contributed by atoms with van der Waals surface area (Å²) in [5, 5.41) is 4.72. The highest BCUT2D eigenvalue weighted by Gasteiger charge is 2.42. The molecular formula is C54H38N2O3. The molecule has 1 N–H and O–H groups in total. The second-order valence-electron chi connectivity index (χ2n) is 14.6. The number of hydrogen-bond acceptors (Lipinski definition) is 5. The van der Waals surface area contributed by atoms with Gasteiger partial charge in [0.25, 0.3) is 0 Å². The van der Waals surface area contributed by atoms with Gasteiger partial charge in [0, 0.05) is 22.6 Å². The first-order chi connectivity index (χ1) is 29.2. The molecule has 59 heavy (non-hydrogen) atoms. The summed E-state index contributed by atoms with van der Waals surface area (Å²) in [5.74, 6) is 0.735. The van der Waals surface area contributed by atoms with Gasteiger partial charge in [-0.15, -0.1) is 0 Å². The fourth-order valence-corrected chi connectivity index (χ4v) is 8.42. The normalized spacial score (nSPS) is 17.2. The average Bonchev–Trinajstić information content (AvgIpc) is 3.90. The largest absolute Gasteiger partial charge is 0.452 e. The van der Waals surface area contributed by atoms with Crippen LogP contribution >= 0.6 is 0 Å². The summed E-state index contributed by atoms with van der Waals surface area (Å²) in [7, 11) is 0. The Balaban J connectivity index is 1.36. The van der Waals surface area contributed by atoms with Gasteiger partial charge in [0.1, 0.15) is 17.0 Å². The Hall–Kier alpha value is -7.76. The SMILES string of the molecule is O=c1cc(O/C(C2=C(c3ccccc3)C(c3ccccc3)C(c3ccccc3)N2)=C2/N=C(c3ccccc3)C(c3ccccc3)=C2c2ccccc2)c2ccccc2o1. The molecule has 0 amide bonds. The number of nitrogens with one attached hydrogen (secondary N) is 1. The lowest BCUT2D eigenvalue weighted by atomic mass is 9.81. The van der Waals surface area contributed by atoms with Crippen molar-refractivity contribution in [3.8, 4) is 5.75 Å². The first-order valence-electron chi connectivity index (χ1n) is 19.8. The third-order valence-electron chi connectivity index (χ3n) is 11.0. The van der Waals surface area contributed by atoms with Crippen molar-refractivity contribution >= 4 is 33.4 Å². The Morgan fingerprint density at radius 1 is 0.525 bits per heavy atom. The van der Waals surface area contributed by atoms with Gasteiger partial charge >= 0.3 is 5.63 Å². The van der Waals surface area contributed by atoms with Gasteiger partial charge < -0.3 is 14.5 Å². The van der Waals surface area contributed by atoms with E-state index < -0.39 is 5.63 Å². The molecule has 3 heterocycles. The van der Waals surface area contributed by atoms with Crippen LogP contribution in [-0.2, 0) is 0 Å². The van der Waals surface area contributed by atoms with Crippen molar-refractivity contribution < 1.29 is 9.15 Å². The molecule has 2 aliphatic heterocycles. The number of nitrogens with zero attached hydrogens (tertiary/aromatic N) is 1. The molecule has 0 saturated carbocycles. The van der Waals surface area contributed by atoms with Gasteiger partial charge in [-0.3, -0.25) is 0 Å². The molecule has 2 atom stereocenters. The van der Waals surface area contributed by atoms with Crippen LogP contribution < -0.4 is 15.7 Å². The average molecular weight is 763 g/mol. The third-order valence-corrected chi connectivity index (χ3v) is 11.0. The number of fused-ring (bicyclic) bond motifs is 1. The molecule has 0 spiro atoms. The highest BCUT2D eigenvalue weighted by atomic mass is 16.5. The number of para-hydroxylation sites is 1. The van der Waals surface area contributed by atoms with Crippen LogP contribution in [0, 0.1) is 0 Å². The van der Waals surface area contributed by atoms with Crippen LogP contribution in [0.15, 0.2) is 244 Å². The molecule has 8 aromatic rings. The minimum Gasteiger partial charge on any atom is -0.452 e. The zero-order valence-electron chi connectivity index (χ0n) is 32.0. The van der Waals surface area contributed by atoms with Gasteiger partial charge in [-0.2, -0.15) is 0 Å². The van der Waals surface area contributed by atoms with Crippen molar-refractivity contribution in [1.82, 2.24) is 5.32 Å². The van der Waals surface area contributed by atoms with Crippen LogP contribution in [0.2, 0.25) is 0 Å². The molecule has 2 aliphatic rings. The van der Waals surface area contributed by atoms with Crippen LogP contribution in [0.25, 0.3) is 27.7 Å². The quantitative estimate of drug-likeness (QED) is 0.117. The molecule has 0 fully saturated rings. The number of rotatable bonds is 9. The summed E-state index contributed by atoms with van der Waals surface area (Å²) in [4.78, 5) is 19.0. The van der Waals surface area contributed by atoms with E-state index in [-0.39, 0.29) is 12.0 Å². The summed E-state index contributed by atoms with van der Waals surface area (Å²) >= 11 is 0. The van der Waals surface area contributed by atoms with Crippen molar-refractivity contribution in [3.05, 3.63) is 273 Å². The molecule has 5 nitrogen and oxygen atoms in total. The second kappa shape index (κ2) is 15.6. The van der Waals surface area contributed by atoms with E-state index in [0.717, 1.165) is 61.5 Å². The third kappa shape index (κ3) is 6.79. The van der Waals surface area contributed by atoms with Gasteiger partial charge in [-0.1, -0.05) is 194 Å². The smallest absolute Gasteiger partial charge is 0.339 e. The molecule has 0 bridgehead atoms. The lowest BCUT2D eigenvalue weighted by Crippen LogP contribution is -2.21. The monoisotopic (exact) mass is 762 g/mol. The van der Waals surface area contributed by atoms with E-state index in [1.807, 2.05) is 60.7 Å². The first-order valence-corrected chi connectivity index (χ1v) is 19.8. The summed E-state index contributed by atoms with van der Waals surface area (Å²) in [6, 6.07) is 71.6. The molecule has 7 aromatic carbocycles. The van der Waals surface area contributed by atoms with Gasteiger partial charge in [-0.05, 0) is 45.5 Å². The molecule has 0 aliphatic carbocycles. The topological polar surface area (TPSA) is 63.8 Å². The first kappa shape index (κ1) is 35.6. The van der Waals surface area contributed by atoms with E-state index >= 15 is 0 Å². The molecule has 5 heteroatoms. The van der Waals surface area contributed by atoms with Crippen LogP contribution in [-0.4, -0.2) is 5.71 Å². The van der Waals surface area contributed by atoms with Crippen molar-refractivity contribution in [2.45, 2.75) is 12.0 Å². The van der Waals surface area contributed by atoms with E-state index in [9.17, 15) is 4.79 Å². The summed E-state index contributed by atoms with van der Waals surface area (Å²) in [6.07, 6.45) is 0. The number of allylic oxidation sites excluding steroid dienone is 2. The molecule has 1 aromatic heterocycles. The standard InChI is InChI=1S/C54H38N2O3/c57-45-35-44(42-33-19-20-34-43(42)58-45)59-54(52-48(38-25-11-3-12-26-38)46(36-21-7-1-8-22-36)50(55-52)40-29-15-5-16-30-40)53-49(39-27-13-4-14-28-39)47(37-23-9-2-10-24-37)51(56-53)41-31-17-6-18-32-41/h1-35,46,50,55H/b54-53+. The number of aliphatic imine (C=N–C) groups is 1. The molecule has 0 saturated heterocycles. The predicted molar refractivity (Wildman–Crippen MR) is 238 cm³/mol. The van der Waals surface area contributed by atoms with E-state index in [1.54, 1.807) is 6.07 Å². The minimum atomic E-state index is -0.507. The minimum absolute atomic E-state index is 0.135. The van der Waals surface area contributed by atoms with Gasteiger partial charge in [0.05, 0.1) is 28.9 Å². The summed E-state index contributed by atoms with van der Waals surface area (Å²) in [6.45, 7) is 0. The van der Waals surface area contributed by atoms with Crippen molar-refractivity contribution in [2.24, 2.45) is 4.99 Å². The van der Waals surface area contributed by atoms with Gasteiger partial charge in [-0.25, -0.2) is 9.79 Å². The van der Waals surface area contributed by atoms with Crippen LogP contribution in [0.5, 0.6) is 5.75 Å². The van der Waals surface area contributed by atoms with E-state index in [2.05, 4.69) is 145 Å². The van der Waals surface area contributed by atoms with Crippen molar-refractivity contribution in [1.29, 1.82) is 0 Å². The molecule has 0 radical (unpaired) electrons. The summed E-state index contributed by atoms with van der Waals surface area (Å²) < 4.78 is 13.1. The Bertz CT molecular complexity index is 2970. The van der Waals surface area contributed by atoms with Crippen LogP contribution in [0.3, 0.4) is 0 Å². The van der Waals surface area contributed by atoms with Crippen molar-refractivity contribution in [2.75, 3.05) is 0 Å². The Morgan fingerprint density at radius 3 is 1.63 bits per heavy atom. The van der Waals surface area contributed by atoms with Crippen LogP contribution in [0.4, 0.5) is 0 Å². The number of benzene rings is 7. The number of ether oxygens (including phenoxy) is 1. The maximum atomic E-state index is 13.3. The zero-order chi connectivity index (χ0) is 39.5. The highest BCUT2D eigenvalue weighted by molar-refractivity contribution is 6.41. The van der Waals surface area contributed by atoms with E-state index in [1.165, 1.54) is 6.07 Å². The zero-order valence-corrected chi connectivity index (χ0v) is 32.0. The number of hydrogen-bond donors (Lipinski definition) is 1. The molecule has 282 valence electrons. The Kier molecular flexibility index (Phi) is 9.45. The lowest BCUT2D eigenvalue weighted by molar-refractivity contribution is 0.419. The maximum absolute atomic E-state index is 13.3. The predicted octanol–water partition coefficient (Wildman–Crippen LogP) is 12.0. The molecule has 10 rings (SSSR count). The van der Waals surface area contributed by atoms with E-state index in [4.69, 9.17) is 14.1 Å². The maximum Gasteiger partial charge on any atom is 0.339 e. The van der Waals surface area contributed by atoms with Crippen LogP contribution in [0.1, 0.15) is 45.3 Å². The lowest BCUT2D eigenvalue weighted by Gasteiger charge is -2.24. The molecular weight excluding hydrogens is 725 g/mol. The van der Waals surface area contributed by atoms with Gasteiger partial charge in [0.15, 0.2) is 5.76 Å².